The lowest BCUT2D eigenvalue weighted by atomic mass is 9.98. The van der Waals surface area contributed by atoms with Crippen LogP contribution in [-0.4, -0.2) is 25.7 Å². The highest BCUT2D eigenvalue weighted by Crippen LogP contribution is 2.13. The number of carbonyl (C=O) groups is 1. The summed E-state index contributed by atoms with van der Waals surface area (Å²) in [5.74, 6) is 0.570. The smallest absolute Gasteiger partial charge is 0.309 e. The molecule has 0 spiro atoms. The number of hydrogen-bond donors (Lipinski definition) is 1. The number of esters is 1. The molecule has 3 nitrogen and oxygen atoms in total. The average molecular weight is 185 g/mol. The molecule has 1 saturated heterocycles. The molecule has 0 aromatic rings. The Bertz CT molecular complexity index is 162. The number of hydrogen-bond acceptors (Lipinski definition) is 3. The molecule has 0 aromatic heterocycles. The van der Waals surface area contributed by atoms with Crippen LogP contribution in [0.25, 0.3) is 0 Å². The second kappa shape index (κ2) is 5.22. The Morgan fingerprint density at radius 3 is 2.62 bits per heavy atom. The Morgan fingerprint density at radius 1 is 1.46 bits per heavy atom. The second-order valence-corrected chi connectivity index (χ2v) is 4.05. The number of ether oxygens (including phenoxy) is 1. The zero-order chi connectivity index (χ0) is 9.68. The summed E-state index contributed by atoms with van der Waals surface area (Å²) in [5.41, 5.74) is 0. The fraction of sp³-hybridized carbons (Fsp3) is 0.900. The van der Waals surface area contributed by atoms with Gasteiger partial charge in [0.2, 0.25) is 0 Å². The highest BCUT2D eigenvalue weighted by molar-refractivity contribution is 5.72. The van der Waals surface area contributed by atoms with E-state index in [1.807, 2.05) is 0 Å². The van der Waals surface area contributed by atoms with Gasteiger partial charge < -0.3 is 10.1 Å². The van der Waals surface area contributed by atoms with Gasteiger partial charge in [0.05, 0.1) is 12.5 Å². The van der Waals surface area contributed by atoms with Crippen LogP contribution in [0.15, 0.2) is 0 Å². The molecule has 76 valence electrons. The number of nitrogens with one attached hydrogen (secondary N) is 1. The summed E-state index contributed by atoms with van der Waals surface area (Å²) in [4.78, 5) is 11.5. The molecule has 1 fully saturated rings. The van der Waals surface area contributed by atoms with E-state index < -0.39 is 0 Å². The minimum atomic E-state index is -0.00444. The van der Waals surface area contributed by atoms with Crippen LogP contribution in [0.2, 0.25) is 0 Å². The predicted octanol–water partition coefficient (Wildman–Crippen LogP) is 1.19. The van der Waals surface area contributed by atoms with Crippen molar-refractivity contribution in [1.82, 2.24) is 5.32 Å². The van der Waals surface area contributed by atoms with E-state index in [1.165, 1.54) is 0 Å². The molecular formula is C10H19NO2. The predicted molar refractivity (Wildman–Crippen MR) is 51.4 cm³/mol. The van der Waals surface area contributed by atoms with E-state index in [0.29, 0.717) is 12.5 Å². The molecule has 1 aliphatic heterocycles. The van der Waals surface area contributed by atoms with E-state index in [9.17, 15) is 4.79 Å². The maximum absolute atomic E-state index is 11.5. The van der Waals surface area contributed by atoms with Crippen molar-refractivity contribution in [2.75, 3.05) is 19.7 Å². The summed E-state index contributed by atoms with van der Waals surface area (Å²) in [6.07, 6.45) is 1.86. The van der Waals surface area contributed by atoms with E-state index in [4.69, 9.17) is 4.74 Å². The summed E-state index contributed by atoms with van der Waals surface area (Å²) in [7, 11) is 0. The van der Waals surface area contributed by atoms with E-state index >= 15 is 0 Å². The van der Waals surface area contributed by atoms with E-state index in [-0.39, 0.29) is 11.9 Å². The molecule has 0 amide bonds. The summed E-state index contributed by atoms with van der Waals surface area (Å²) < 4.78 is 5.18. The third-order valence-electron chi connectivity index (χ3n) is 2.23. The lowest BCUT2D eigenvalue weighted by Gasteiger charge is -2.21. The van der Waals surface area contributed by atoms with Crippen molar-refractivity contribution in [3.63, 3.8) is 0 Å². The van der Waals surface area contributed by atoms with Crippen LogP contribution in [0.5, 0.6) is 0 Å². The first kappa shape index (κ1) is 10.5. The minimum Gasteiger partial charge on any atom is -0.465 e. The van der Waals surface area contributed by atoms with Crippen molar-refractivity contribution in [1.29, 1.82) is 0 Å². The Hall–Kier alpha value is -0.570. The summed E-state index contributed by atoms with van der Waals surface area (Å²) in [5, 5.41) is 3.23. The quantitative estimate of drug-likeness (QED) is 0.671. The SMILES string of the molecule is CC(C)COC(=O)C1CCNCC1. The second-order valence-electron chi connectivity index (χ2n) is 4.05. The van der Waals surface area contributed by atoms with Crippen molar-refractivity contribution in [3.8, 4) is 0 Å². The van der Waals surface area contributed by atoms with Crippen molar-refractivity contribution < 1.29 is 9.53 Å². The van der Waals surface area contributed by atoms with E-state index in [2.05, 4.69) is 19.2 Å². The summed E-state index contributed by atoms with van der Waals surface area (Å²) in [6, 6.07) is 0. The highest BCUT2D eigenvalue weighted by atomic mass is 16.5. The van der Waals surface area contributed by atoms with Crippen LogP contribution < -0.4 is 5.32 Å². The molecule has 13 heavy (non-hydrogen) atoms. The maximum Gasteiger partial charge on any atom is 0.309 e. The molecule has 0 saturated carbocycles. The standard InChI is InChI=1S/C10H19NO2/c1-8(2)7-13-10(12)9-3-5-11-6-4-9/h8-9,11H,3-7H2,1-2H3. The topological polar surface area (TPSA) is 38.3 Å². The molecule has 1 heterocycles. The van der Waals surface area contributed by atoms with Gasteiger partial charge >= 0.3 is 5.97 Å². The van der Waals surface area contributed by atoms with Gasteiger partial charge in [-0.15, -0.1) is 0 Å². The molecule has 1 aliphatic rings. The van der Waals surface area contributed by atoms with Crippen LogP contribution in [0.1, 0.15) is 26.7 Å². The van der Waals surface area contributed by atoms with Gasteiger partial charge in [-0.3, -0.25) is 4.79 Å². The Morgan fingerprint density at radius 2 is 2.08 bits per heavy atom. The molecule has 0 aromatic carbocycles. The monoisotopic (exact) mass is 185 g/mol. The molecule has 1 rings (SSSR count). The Kier molecular flexibility index (Phi) is 4.22. The highest BCUT2D eigenvalue weighted by Gasteiger charge is 2.22. The molecule has 0 atom stereocenters. The first-order chi connectivity index (χ1) is 6.20. The van der Waals surface area contributed by atoms with Crippen molar-refractivity contribution >= 4 is 5.97 Å². The van der Waals surface area contributed by atoms with Gasteiger partial charge in [-0.1, -0.05) is 13.8 Å². The fourth-order valence-corrected chi connectivity index (χ4v) is 1.42. The summed E-state index contributed by atoms with van der Waals surface area (Å²) >= 11 is 0. The van der Waals surface area contributed by atoms with Gasteiger partial charge in [-0.2, -0.15) is 0 Å². The van der Waals surface area contributed by atoms with Crippen molar-refractivity contribution in [2.45, 2.75) is 26.7 Å². The number of carbonyl (C=O) groups excluding carboxylic acids is 1. The molecule has 3 heteroatoms. The van der Waals surface area contributed by atoms with Crippen LogP contribution >= 0.6 is 0 Å². The van der Waals surface area contributed by atoms with Crippen LogP contribution in [0.4, 0.5) is 0 Å². The third kappa shape index (κ3) is 3.77. The van der Waals surface area contributed by atoms with Crippen molar-refractivity contribution in [3.05, 3.63) is 0 Å². The maximum atomic E-state index is 11.5. The van der Waals surface area contributed by atoms with Gasteiger partial charge in [-0.05, 0) is 31.8 Å². The lowest BCUT2D eigenvalue weighted by Crippen LogP contribution is -2.33. The number of rotatable bonds is 3. The van der Waals surface area contributed by atoms with Gasteiger partial charge in [0.15, 0.2) is 0 Å². The zero-order valence-corrected chi connectivity index (χ0v) is 8.51. The van der Waals surface area contributed by atoms with E-state index in [0.717, 1.165) is 25.9 Å². The van der Waals surface area contributed by atoms with Gasteiger partial charge in [0.1, 0.15) is 0 Å². The van der Waals surface area contributed by atoms with Crippen LogP contribution in [0, 0.1) is 11.8 Å². The molecule has 0 radical (unpaired) electrons. The number of piperidine rings is 1. The van der Waals surface area contributed by atoms with Gasteiger partial charge in [-0.25, -0.2) is 0 Å². The van der Waals surface area contributed by atoms with Gasteiger partial charge in [0, 0.05) is 0 Å². The molecule has 1 N–H and O–H groups in total. The Balaban J connectivity index is 2.21. The van der Waals surface area contributed by atoms with Crippen molar-refractivity contribution in [2.24, 2.45) is 11.8 Å². The largest absolute Gasteiger partial charge is 0.465 e. The molecule has 0 bridgehead atoms. The molecule has 0 unspecified atom stereocenters. The zero-order valence-electron chi connectivity index (χ0n) is 8.51. The third-order valence-corrected chi connectivity index (χ3v) is 2.23. The molecule has 0 aliphatic carbocycles. The lowest BCUT2D eigenvalue weighted by molar-refractivity contribution is -0.150. The fourth-order valence-electron chi connectivity index (χ4n) is 1.42. The average Bonchev–Trinajstić information content (AvgIpc) is 2.15. The van der Waals surface area contributed by atoms with E-state index in [1.54, 1.807) is 0 Å². The van der Waals surface area contributed by atoms with Crippen LogP contribution in [-0.2, 0) is 9.53 Å². The van der Waals surface area contributed by atoms with Crippen LogP contribution in [0.3, 0.4) is 0 Å². The Labute approximate surface area is 79.8 Å². The normalized spacial score (nSPS) is 19.0. The first-order valence-corrected chi connectivity index (χ1v) is 5.07. The molecular weight excluding hydrogens is 166 g/mol. The minimum absolute atomic E-state index is 0.00444. The summed E-state index contributed by atoms with van der Waals surface area (Å²) in [6.45, 7) is 6.55. The van der Waals surface area contributed by atoms with Gasteiger partial charge in [0.25, 0.3) is 0 Å². The first-order valence-electron chi connectivity index (χ1n) is 5.07.